The largest absolute Gasteiger partial charge is 0.493 e. The predicted molar refractivity (Wildman–Crippen MR) is 123 cm³/mol. The van der Waals surface area contributed by atoms with Gasteiger partial charge in [0.1, 0.15) is 22.9 Å². The molecule has 0 spiro atoms. The second-order valence-corrected chi connectivity index (χ2v) is 9.24. The minimum absolute atomic E-state index is 0.0120. The molecule has 9 heteroatoms. The van der Waals surface area contributed by atoms with Crippen LogP contribution >= 0.6 is 11.6 Å². The van der Waals surface area contributed by atoms with E-state index in [1.165, 1.54) is 11.0 Å². The highest BCUT2D eigenvalue weighted by Crippen LogP contribution is 2.37. The fraction of sp³-hybridized carbons (Fsp3) is 0.440. The number of benzene rings is 2. The van der Waals surface area contributed by atoms with Gasteiger partial charge in [-0.15, -0.1) is 0 Å². The molecule has 34 heavy (non-hydrogen) atoms. The second-order valence-electron chi connectivity index (χ2n) is 8.80. The molecule has 2 fully saturated rings. The summed E-state index contributed by atoms with van der Waals surface area (Å²) in [5, 5.41) is 0.545. The number of nitrogens with zero attached hydrogens (tertiary/aromatic N) is 2. The minimum atomic E-state index is -0.881. The summed E-state index contributed by atoms with van der Waals surface area (Å²) in [5.41, 5.74) is -1.07. The first-order chi connectivity index (χ1) is 16.4. The molecule has 182 valence electrons. The molecule has 6 nitrogen and oxygen atoms in total. The zero-order valence-electron chi connectivity index (χ0n) is 18.8. The molecule has 2 amide bonds. The van der Waals surface area contributed by atoms with Crippen molar-refractivity contribution in [3.05, 3.63) is 64.7 Å². The van der Waals surface area contributed by atoms with Gasteiger partial charge in [0.2, 0.25) is 5.91 Å². The maximum absolute atomic E-state index is 14.1. The molecule has 0 bridgehead atoms. The SMILES string of the molecule is O=C(CC1(COc2cccc(Cl)c2)CCN(C(=O)c2c(F)cccc2F)CC1)N1CCOCC1. The Kier molecular flexibility index (Phi) is 7.68. The van der Waals surface area contributed by atoms with Crippen LogP contribution in [0.5, 0.6) is 5.75 Å². The summed E-state index contributed by atoms with van der Waals surface area (Å²) in [5.74, 6) is -1.84. The van der Waals surface area contributed by atoms with Gasteiger partial charge in [-0.25, -0.2) is 8.78 Å². The summed E-state index contributed by atoms with van der Waals surface area (Å²) in [7, 11) is 0. The number of hydrogen-bond donors (Lipinski definition) is 0. The monoisotopic (exact) mass is 492 g/mol. The van der Waals surface area contributed by atoms with Gasteiger partial charge in [-0.05, 0) is 43.2 Å². The third kappa shape index (κ3) is 5.67. The van der Waals surface area contributed by atoms with E-state index in [4.69, 9.17) is 21.1 Å². The van der Waals surface area contributed by atoms with Crippen molar-refractivity contribution in [3.63, 3.8) is 0 Å². The normalized spacial score (nSPS) is 18.0. The van der Waals surface area contributed by atoms with Crippen LogP contribution in [0.15, 0.2) is 42.5 Å². The van der Waals surface area contributed by atoms with Crippen LogP contribution < -0.4 is 4.74 Å². The predicted octanol–water partition coefficient (Wildman–Crippen LogP) is 4.17. The average molecular weight is 493 g/mol. The van der Waals surface area contributed by atoms with E-state index in [1.54, 1.807) is 29.2 Å². The molecule has 0 aromatic heterocycles. The van der Waals surface area contributed by atoms with Crippen LogP contribution in [0, 0.1) is 17.0 Å². The Labute approximate surface area is 202 Å². The van der Waals surface area contributed by atoms with Gasteiger partial charge >= 0.3 is 0 Å². The third-order valence-corrected chi connectivity index (χ3v) is 6.75. The van der Waals surface area contributed by atoms with Crippen molar-refractivity contribution in [2.75, 3.05) is 46.0 Å². The van der Waals surface area contributed by atoms with Crippen LogP contribution in [-0.4, -0.2) is 67.6 Å². The molecule has 0 saturated carbocycles. The summed E-state index contributed by atoms with van der Waals surface area (Å²) in [6.07, 6.45) is 1.18. The third-order valence-electron chi connectivity index (χ3n) is 6.52. The minimum Gasteiger partial charge on any atom is -0.493 e. The van der Waals surface area contributed by atoms with E-state index in [9.17, 15) is 18.4 Å². The molecule has 0 N–H and O–H groups in total. The molecule has 2 aromatic carbocycles. The number of piperidine rings is 1. The molecule has 0 aliphatic carbocycles. The average Bonchev–Trinajstić information content (AvgIpc) is 2.84. The lowest BCUT2D eigenvalue weighted by atomic mass is 9.75. The Morgan fingerprint density at radius 1 is 0.971 bits per heavy atom. The van der Waals surface area contributed by atoms with Crippen molar-refractivity contribution >= 4 is 23.4 Å². The fourth-order valence-electron chi connectivity index (χ4n) is 4.46. The molecule has 0 atom stereocenters. The second kappa shape index (κ2) is 10.7. The highest BCUT2D eigenvalue weighted by atomic mass is 35.5. The summed E-state index contributed by atoms with van der Waals surface area (Å²) in [6, 6.07) is 10.4. The Balaban J connectivity index is 1.48. The summed E-state index contributed by atoms with van der Waals surface area (Å²) < 4.78 is 39.7. The van der Waals surface area contributed by atoms with Gasteiger partial charge in [-0.1, -0.05) is 23.7 Å². The number of likely N-dealkylation sites (tertiary alicyclic amines) is 1. The highest BCUT2D eigenvalue weighted by Gasteiger charge is 2.40. The van der Waals surface area contributed by atoms with Gasteiger partial charge in [0, 0.05) is 43.0 Å². The first kappa shape index (κ1) is 24.4. The van der Waals surface area contributed by atoms with Crippen LogP contribution in [0.2, 0.25) is 5.02 Å². The number of halogens is 3. The molecule has 0 unspecified atom stereocenters. The van der Waals surface area contributed by atoms with Crippen LogP contribution in [0.3, 0.4) is 0 Å². The van der Waals surface area contributed by atoms with E-state index < -0.39 is 28.5 Å². The molecule has 0 radical (unpaired) electrons. The number of carbonyl (C=O) groups is 2. The van der Waals surface area contributed by atoms with Gasteiger partial charge in [-0.2, -0.15) is 0 Å². The van der Waals surface area contributed by atoms with Gasteiger partial charge in [0.25, 0.3) is 5.91 Å². The standard InChI is InChI=1S/C25H27ClF2N2O4/c26-18-3-1-4-19(15-18)34-17-25(16-22(31)29-11-13-33-14-12-29)7-9-30(10-8-25)24(32)23-20(27)5-2-6-21(23)28/h1-6,15H,7-14,16-17H2. The molecule has 2 aliphatic rings. The molecule has 2 aliphatic heterocycles. The lowest BCUT2D eigenvalue weighted by molar-refractivity contribution is -0.139. The van der Waals surface area contributed by atoms with Crippen molar-refractivity contribution < 1.29 is 27.8 Å². The highest BCUT2D eigenvalue weighted by molar-refractivity contribution is 6.30. The number of amides is 2. The first-order valence-electron chi connectivity index (χ1n) is 11.3. The lowest BCUT2D eigenvalue weighted by Crippen LogP contribution is -2.49. The Bertz CT molecular complexity index is 1020. The van der Waals surface area contributed by atoms with Crippen molar-refractivity contribution in [2.24, 2.45) is 5.41 Å². The summed E-state index contributed by atoms with van der Waals surface area (Å²) >= 11 is 6.07. The number of carbonyl (C=O) groups excluding carboxylic acids is 2. The van der Waals surface area contributed by atoms with Crippen molar-refractivity contribution in [3.8, 4) is 5.75 Å². The number of rotatable bonds is 6. The van der Waals surface area contributed by atoms with Gasteiger partial charge in [0.05, 0.1) is 19.8 Å². The molecule has 4 rings (SSSR count). The summed E-state index contributed by atoms with van der Waals surface area (Å²) in [4.78, 5) is 29.2. The van der Waals surface area contributed by atoms with Gasteiger partial charge in [0.15, 0.2) is 0 Å². The molecular weight excluding hydrogens is 466 g/mol. The zero-order valence-corrected chi connectivity index (χ0v) is 19.5. The number of hydrogen-bond acceptors (Lipinski definition) is 4. The fourth-order valence-corrected chi connectivity index (χ4v) is 4.64. The van der Waals surface area contributed by atoms with E-state index in [2.05, 4.69) is 0 Å². The van der Waals surface area contributed by atoms with Crippen LogP contribution in [0.4, 0.5) is 8.78 Å². The van der Waals surface area contributed by atoms with E-state index in [0.717, 1.165) is 12.1 Å². The van der Waals surface area contributed by atoms with Crippen molar-refractivity contribution in [1.82, 2.24) is 9.80 Å². The molecule has 2 aromatic rings. The smallest absolute Gasteiger partial charge is 0.259 e. The van der Waals surface area contributed by atoms with E-state index >= 15 is 0 Å². The van der Waals surface area contributed by atoms with Crippen LogP contribution in [0.1, 0.15) is 29.6 Å². The van der Waals surface area contributed by atoms with Gasteiger partial charge in [-0.3, -0.25) is 9.59 Å². The van der Waals surface area contributed by atoms with Crippen molar-refractivity contribution in [2.45, 2.75) is 19.3 Å². The maximum atomic E-state index is 14.1. The zero-order chi connectivity index (χ0) is 24.1. The molecular formula is C25H27ClF2N2O4. The Morgan fingerprint density at radius 2 is 1.62 bits per heavy atom. The van der Waals surface area contributed by atoms with E-state index in [-0.39, 0.29) is 32.0 Å². The maximum Gasteiger partial charge on any atom is 0.259 e. The quantitative estimate of drug-likeness (QED) is 0.607. The first-order valence-corrected chi connectivity index (χ1v) is 11.7. The van der Waals surface area contributed by atoms with Crippen LogP contribution in [0.25, 0.3) is 0 Å². The van der Waals surface area contributed by atoms with E-state index in [1.807, 2.05) is 0 Å². The van der Waals surface area contributed by atoms with Gasteiger partial charge < -0.3 is 19.3 Å². The van der Waals surface area contributed by atoms with Crippen LogP contribution in [-0.2, 0) is 9.53 Å². The topological polar surface area (TPSA) is 59.1 Å². The Hall–Kier alpha value is -2.71. The number of ether oxygens (including phenoxy) is 2. The number of morpholine rings is 1. The molecule has 2 saturated heterocycles. The summed E-state index contributed by atoms with van der Waals surface area (Å²) in [6.45, 7) is 2.90. The van der Waals surface area contributed by atoms with Crippen molar-refractivity contribution in [1.29, 1.82) is 0 Å². The lowest BCUT2D eigenvalue weighted by Gasteiger charge is -2.42. The molecule has 2 heterocycles. The van der Waals surface area contributed by atoms with E-state index in [0.29, 0.717) is 49.9 Å². The Morgan fingerprint density at radius 3 is 2.26 bits per heavy atom.